The molecule has 0 saturated heterocycles. The van der Waals surface area contributed by atoms with E-state index in [4.69, 9.17) is 0 Å². The topological polar surface area (TPSA) is 0 Å². The highest BCUT2D eigenvalue weighted by atomic mass is 14.2. The lowest BCUT2D eigenvalue weighted by Crippen LogP contribution is -2.03. The van der Waals surface area contributed by atoms with E-state index < -0.39 is 0 Å². The predicted octanol–water partition coefficient (Wildman–Crippen LogP) is 12.1. The van der Waals surface area contributed by atoms with Crippen molar-refractivity contribution in [2.45, 2.75) is 177 Å². The van der Waals surface area contributed by atoms with E-state index in [9.17, 15) is 0 Å². The number of unbranched alkanes of at least 4 members (excludes halogenated alkanes) is 12. The van der Waals surface area contributed by atoms with Gasteiger partial charge in [0.05, 0.1) is 0 Å². The van der Waals surface area contributed by atoms with Crippen molar-refractivity contribution >= 4 is 0 Å². The first-order chi connectivity index (χ1) is 15.6. The maximum atomic E-state index is 2.59. The van der Waals surface area contributed by atoms with Crippen LogP contribution in [0.15, 0.2) is 22.8 Å². The predicted molar refractivity (Wildman–Crippen MR) is 152 cm³/mol. The SMILES string of the molecule is CC1=C(CCCCCCCCCC(C)(C)C)CC=C(CCCCCCCCCC(C)(C)C)C1. The molecule has 1 aliphatic carbocycles. The second kappa shape index (κ2) is 17.0. The first kappa shape index (κ1) is 30.5. The Labute approximate surface area is 210 Å². The van der Waals surface area contributed by atoms with Crippen molar-refractivity contribution in [1.82, 2.24) is 0 Å². The Morgan fingerprint density at radius 3 is 1.36 bits per heavy atom. The first-order valence-corrected chi connectivity index (χ1v) is 14.9. The van der Waals surface area contributed by atoms with E-state index in [1.807, 2.05) is 0 Å². The van der Waals surface area contributed by atoms with Crippen molar-refractivity contribution in [3.8, 4) is 0 Å². The van der Waals surface area contributed by atoms with Crippen LogP contribution in [0.2, 0.25) is 0 Å². The molecule has 0 N–H and O–H groups in total. The minimum Gasteiger partial charge on any atom is -0.0809 e. The van der Waals surface area contributed by atoms with Crippen molar-refractivity contribution in [3.63, 3.8) is 0 Å². The molecule has 0 atom stereocenters. The standard InChI is InChI=1S/C33H62/c1-29-28-30(22-18-14-10-8-12-16-20-26-32(2,3)4)24-25-31(29)23-19-15-11-9-13-17-21-27-33(5,6)7/h24H,8-23,25-28H2,1-7H3. The summed E-state index contributed by atoms with van der Waals surface area (Å²) >= 11 is 0. The molecule has 0 spiro atoms. The third-order valence-electron chi connectivity index (χ3n) is 7.56. The summed E-state index contributed by atoms with van der Waals surface area (Å²) < 4.78 is 0. The molecule has 0 heterocycles. The van der Waals surface area contributed by atoms with Crippen LogP contribution in [0.1, 0.15) is 177 Å². The van der Waals surface area contributed by atoms with Gasteiger partial charge in [0.15, 0.2) is 0 Å². The smallest absolute Gasteiger partial charge is 0.0108 e. The molecule has 0 aromatic rings. The molecular formula is C33H62. The maximum absolute atomic E-state index is 2.59. The van der Waals surface area contributed by atoms with Gasteiger partial charge >= 0.3 is 0 Å². The van der Waals surface area contributed by atoms with Crippen LogP contribution in [0.4, 0.5) is 0 Å². The molecule has 0 fully saturated rings. The van der Waals surface area contributed by atoms with Crippen molar-refractivity contribution in [3.05, 3.63) is 22.8 Å². The number of hydrogen-bond donors (Lipinski definition) is 0. The van der Waals surface area contributed by atoms with Gasteiger partial charge in [0.1, 0.15) is 0 Å². The minimum atomic E-state index is 0.519. The molecule has 0 amide bonds. The zero-order valence-electron chi connectivity index (χ0n) is 24.2. The quantitative estimate of drug-likeness (QED) is 0.141. The zero-order valence-corrected chi connectivity index (χ0v) is 24.2. The van der Waals surface area contributed by atoms with E-state index in [2.05, 4.69) is 54.5 Å². The van der Waals surface area contributed by atoms with Crippen molar-refractivity contribution in [2.24, 2.45) is 10.8 Å². The van der Waals surface area contributed by atoms with E-state index in [1.54, 1.807) is 16.7 Å². The lowest BCUT2D eigenvalue weighted by atomic mass is 9.87. The number of hydrogen-bond acceptors (Lipinski definition) is 0. The van der Waals surface area contributed by atoms with Crippen molar-refractivity contribution in [2.75, 3.05) is 0 Å². The van der Waals surface area contributed by atoms with Gasteiger partial charge in [0.2, 0.25) is 0 Å². The summed E-state index contributed by atoms with van der Waals surface area (Å²) in [6.07, 6.45) is 30.7. The van der Waals surface area contributed by atoms with Crippen LogP contribution in [0.5, 0.6) is 0 Å². The number of allylic oxidation sites excluding steroid dienone is 4. The summed E-state index contributed by atoms with van der Waals surface area (Å²) in [4.78, 5) is 0. The molecule has 33 heavy (non-hydrogen) atoms. The van der Waals surface area contributed by atoms with E-state index in [-0.39, 0.29) is 0 Å². The minimum absolute atomic E-state index is 0.519. The largest absolute Gasteiger partial charge is 0.0809 e. The van der Waals surface area contributed by atoms with Crippen LogP contribution in [0, 0.1) is 10.8 Å². The average molecular weight is 459 g/mol. The maximum Gasteiger partial charge on any atom is -0.0108 e. The molecule has 0 bridgehead atoms. The van der Waals surface area contributed by atoms with Gasteiger partial charge in [0.25, 0.3) is 0 Å². The lowest BCUT2D eigenvalue weighted by molar-refractivity contribution is 0.356. The molecule has 0 nitrogen and oxygen atoms in total. The van der Waals surface area contributed by atoms with Gasteiger partial charge in [-0.2, -0.15) is 0 Å². The van der Waals surface area contributed by atoms with Gasteiger partial charge in [-0.3, -0.25) is 0 Å². The van der Waals surface area contributed by atoms with Gasteiger partial charge in [-0.15, -0.1) is 0 Å². The van der Waals surface area contributed by atoms with Crippen LogP contribution in [-0.4, -0.2) is 0 Å². The molecule has 0 aromatic heterocycles. The van der Waals surface area contributed by atoms with Gasteiger partial charge in [-0.25, -0.2) is 0 Å². The molecule has 0 aromatic carbocycles. The van der Waals surface area contributed by atoms with Crippen LogP contribution < -0.4 is 0 Å². The van der Waals surface area contributed by atoms with Gasteiger partial charge < -0.3 is 0 Å². The van der Waals surface area contributed by atoms with Crippen molar-refractivity contribution < 1.29 is 0 Å². The van der Waals surface area contributed by atoms with Crippen LogP contribution in [0.3, 0.4) is 0 Å². The Morgan fingerprint density at radius 1 is 0.545 bits per heavy atom. The Balaban J connectivity index is 1.98. The Bertz CT molecular complexity index is 546. The Morgan fingerprint density at radius 2 is 0.939 bits per heavy atom. The summed E-state index contributed by atoms with van der Waals surface area (Å²) in [6.45, 7) is 16.6. The van der Waals surface area contributed by atoms with E-state index in [0.717, 1.165) is 0 Å². The first-order valence-electron chi connectivity index (χ1n) is 14.9. The summed E-state index contributed by atoms with van der Waals surface area (Å²) in [6, 6.07) is 0. The van der Waals surface area contributed by atoms with E-state index in [0.29, 0.717) is 10.8 Å². The Hall–Kier alpha value is -0.520. The Kier molecular flexibility index (Phi) is 15.7. The highest BCUT2D eigenvalue weighted by Gasteiger charge is 2.12. The lowest BCUT2D eigenvalue weighted by Gasteiger charge is -2.19. The molecule has 1 aliphatic rings. The molecule has 1 rings (SSSR count). The molecular weight excluding hydrogens is 396 g/mol. The van der Waals surface area contributed by atoms with Gasteiger partial charge in [-0.05, 0) is 69.1 Å². The monoisotopic (exact) mass is 458 g/mol. The average Bonchev–Trinajstić information content (AvgIpc) is 2.71. The fraction of sp³-hybridized carbons (Fsp3) is 0.879. The molecule has 0 radical (unpaired) electrons. The summed E-state index contributed by atoms with van der Waals surface area (Å²) in [7, 11) is 0. The molecule has 0 saturated carbocycles. The van der Waals surface area contributed by atoms with Crippen molar-refractivity contribution in [1.29, 1.82) is 0 Å². The van der Waals surface area contributed by atoms with Crippen LogP contribution in [0.25, 0.3) is 0 Å². The summed E-state index contributed by atoms with van der Waals surface area (Å²) in [5, 5.41) is 0. The van der Waals surface area contributed by atoms with Gasteiger partial charge in [-0.1, -0.05) is 141 Å². The second-order valence-electron chi connectivity index (χ2n) is 13.7. The third-order valence-corrected chi connectivity index (χ3v) is 7.56. The highest BCUT2D eigenvalue weighted by Crippen LogP contribution is 2.31. The summed E-state index contributed by atoms with van der Waals surface area (Å²) in [5.74, 6) is 0. The fourth-order valence-electron chi connectivity index (χ4n) is 5.25. The summed E-state index contributed by atoms with van der Waals surface area (Å²) in [5.41, 5.74) is 6.24. The fourth-order valence-corrected chi connectivity index (χ4v) is 5.25. The van der Waals surface area contributed by atoms with Gasteiger partial charge in [0, 0.05) is 0 Å². The second-order valence-corrected chi connectivity index (χ2v) is 13.7. The van der Waals surface area contributed by atoms with Crippen LogP contribution in [-0.2, 0) is 0 Å². The van der Waals surface area contributed by atoms with Crippen LogP contribution >= 0.6 is 0 Å². The molecule has 0 aliphatic heterocycles. The normalized spacial score (nSPS) is 15.3. The van der Waals surface area contributed by atoms with E-state index in [1.165, 1.54) is 128 Å². The molecule has 194 valence electrons. The number of rotatable bonds is 18. The molecule has 0 heteroatoms. The van der Waals surface area contributed by atoms with E-state index >= 15 is 0 Å². The zero-order chi connectivity index (χ0) is 24.6. The highest BCUT2D eigenvalue weighted by molar-refractivity contribution is 5.27. The molecule has 0 unspecified atom stereocenters. The third kappa shape index (κ3) is 18.5.